The summed E-state index contributed by atoms with van der Waals surface area (Å²) in [5, 5.41) is 0. The molecule has 0 bridgehead atoms. The number of rotatable bonds is 14. The van der Waals surface area contributed by atoms with Crippen molar-refractivity contribution < 1.29 is 9.22 Å². The number of fused-ring (bicyclic) bond motifs is 1. The van der Waals surface area contributed by atoms with E-state index in [1.807, 2.05) is 17.7 Å². The molecule has 0 amide bonds. The summed E-state index contributed by atoms with van der Waals surface area (Å²) in [6, 6.07) is 0. The molecule has 0 aliphatic carbocycles. The molecule has 0 N–H and O–H groups in total. The molecule has 2 aromatic rings. The number of aromatic nitrogens is 2. The summed E-state index contributed by atoms with van der Waals surface area (Å²) in [6.45, 7) is 18.1. The molecule has 0 aliphatic rings. The van der Waals surface area contributed by atoms with Gasteiger partial charge in [0.05, 0.1) is 0 Å². The Morgan fingerprint density at radius 1 is 1.06 bits per heavy atom. The molecule has 2 heterocycles. The van der Waals surface area contributed by atoms with Gasteiger partial charge in [0.25, 0.3) is 0 Å². The molecule has 182 valence electrons. The fourth-order valence-electron chi connectivity index (χ4n) is 4.56. The average Bonchev–Trinajstić information content (AvgIpc) is 3.31. The van der Waals surface area contributed by atoms with E-state index in [2.05, 4.69) is 59.0 Å². The van der Waals surface area contributed by atoms with Crippen molar-refractivity contribution in [3.05, 3.63) is 17.7 Å². The number of carbonyl (C=O) groups excluding carboxylic acids is 1. The van der Waals surface area contributed by atoms with E-state index >= 15 is 0 Å². The van der Waals surface area contributed by atoms with E-state index in [0.29, 0.717) is 0 Å². The van der Waals surface area contributed by atoms with Crippen LogP contribution in [-0.2, 0) is 9.84 Å². The van der Waals surface area contributed by atoms with Crippen LogP contribution in [0.1, 0.15) is 96.2 Å². The molecule has 4 nitrogen and oxygen atoms in total. The zero-order chi connectivity index (χ0) is 23.9. The van der Waals surface area contributed by atoms with Crippen LogP contribution in [0.15, 0.2) is 6.33 Å². The van der Waals surface area contributed by atoms with E-state index in [4.69, 9.17) is 9.41 Å². The van der Waals surface area contributed by atoms with Crippen LogP contribution < -0.4 is 2.89 Å². The molecular weight excluding hydrogens is 539 g/mol. The van der Waals surface area contributed by atoms with Gasteiger partial charge in [0, 0.05) is 0 Å². The predicted octanol–water partition coefficient (Wildman–Crippen LogP) is 6.93. The van der Waals surface area contributed by atoms with Crippen molar-refractivity contribution >= 4 is 52.3 Å². The molecule has 0 spiro atoms. The topological polar surface area (TPSA) is 43.6 Å². The maximum absolute atomic E-state index is 13.7. The minimum atomic E-state index is -2.79. The molecule has 32 heavy (non-hydrogen) atoms. The Morgan fingerprint density at radius 2 is 1.59 bits per heavy atom. The third-order valence-electron chi connectivity index (χ3n) is 6.41. The van der Waals surface area contributed by atoms with Gasteiger partial charge >= 0.3 is 207 Å². The normalized spacial score (nSPS) is 12.9. The minimum absolute atomic E-state index is 0.0347. The molecule has 0 aliphatic heterocycles. The molecule has 0 saturated carbocycles. The van der Waals surface area contributed by atoms with Gasteiger partial charge in [0.1, 0.15) is 0 Å². The molecule has 0 atom stereocenters. The molecule has 0 radical (unpaired) electrons. The van der Waals surface area contributed by atoms with E-state index < -0.39 is 27.4 Å². The van der Waals surface area contributed by atoms with Crippen LogP contribution >= 0.6 is 11.3 Å². The first-order chi connectivity index (χ1) is 15.1. The second kappa shape index (κ2) is 12.5. The van der Waals surface area contributed by atoms with Gasteiger partial charge in [-0.1, -0.05) is 0 Å². The van der Waals surface area contributed by atoms with Crippen LogP contribution in [0.2, 0.25) is 26.4 Å². The van der Waals surface area contributed by atoms with Gasteiger partial charge < -0.3 is 0 Å². The Labute approximate surface area is 206 Å². The van der Waals surface area contributed by atoms with Gasteiger partial charge in [-0.2, -0.15) is 0 Å². The number of unbranched alkanes of at least 4 members (excludes halogenated alkanes) is 3. The summed E-state index contributed by atoms with van der Waals surface area (Å²) < 4.78 is 13.7. The van der Waals surface area contributed by atoms with Crippen molar-refractivity contribution in [2.75, 3.05) is 6.61 Å². The number of imidazole rings is 1. The van der Waals surface area contributed by atoms with E-state index in [9.17, 15) is 4.79 Å². The summed E-state index contributed by atoms with van der Waals surface area (Å²) in [5.74, 6) is 0.177. The maximum atomic E-state index is 13.7. The predicted molar refractivity (Wildman–Crippen MR) is 145 cm³/mol. The van der Waals surface area contributed by atoms with Crippen molar-refractivity contribution in [2.45, 2.75) is 112 Å². The fraction of sp³-hybridized carbons (Fsp3) is 0.760. The van der Waals surface area contributed by atoms with Crippen LogP contribution in [0.5, 0.6) is 0 Å². The monoisotopic (exact) mass is 586 g/mol. The van der Waals surface area contributed by atoms with Crippen LogP contribution in [0.25, 0.3) is 4.83 Å². The molecule has 0 saturated heterocycles. The Bertz CT molecular complexity index is 848. The molecule has 0 aromatic carbocycles. The Hall–Kier alpha value is -0.184. The van der Waals surface area contributed by atoms with Crippen molar-refractivity contribution in [3.63, 3.8) is 0 Å². The molecule has 2 aromatic heterocycles. The Kier molecular flexibility index (Phi) is 11.0. The SMILES string of the molecule is CCC[CH2][Sn]([CH2]CCC)([CH2]CCC)[c]1sc2c(C(C)(C)C)ncn2c1C(=O)CO[SiH](C)C. The van der Waals surface area contributed by atoms with E-state index in [-0.39, 0.29) is 17.8 Å². The Balaban J connectivity index is 2.74. The first kappa shape index (κ1) is 28.1. The first-order valence-corrected chi connectivity index (χ1v) is 23.8. The number of thiazole rings is 1. The summed E-state index contributed by atoms with van der Waals surface area (Å²) in [6.07, 6.45) is 9.52. The number of Topliss-reactive ketones (excluding diaryl/α,β-unsaturated/α-hetero) is 1. The molecule has 7 heteroatoms. The standard InChI is InChI=1S/C13H19N2O2SSi.3C4H9.Sn/c1-13(2,3)11-12-15(8-14-11)9(7-18-12)10(16)6-17-19(4)5;3*1-3-4-2;/h8,19H,6H2,1-5H3;3*1,3-4H2,2H3;. The van der Waals surface area contributed by atoms with Crippen LogP contribution in [0.3, 0.4) is 0 Å². The van der Waals surface area contributed by atoms with E-state index in [1.165, 1.54) is 59.6 Å². The van der Waals surface area contributed by atoms with Gasteiger partial charge in [-0.05, 0) is 0 Å². The summed E-state index contributed by atoms with van der Waals surface area (Å²) in [4.78, 5) is 19.6. The zero-order valence-corrected chi connectivity index (χ0v) is 26.7. The number of ketones is 1. The van der Waals surface area contributed by atoms with Gasteiger partial charge in [-0.3, -0.25) is 0 Å². The van der Waals surface area contributed by atoms with Crippen LogP contribution in [0, 0.1) is 0 Å². The Morgan fingerprint density at radius 3 is 2.03 bits per heavy atom. The average molecular weight is 586 g/mol. The number of hydrogen-bond donors (Lipinski definition) is 0. The number of carbonyl (C=O) groups is 1. The quantitative estimate of drug-likeness (QED) is 0.178. The van der Waals surface area contributed by atoms with Gasteiger partial charge in [-0.15, -0.1) is 0 Å². The first-order valence-electron chi connectivity index (χ1n) is 12.8. The number of nitrogens with zero attached hydrogens (tertiary/aromatic N) is 2. The van der Waals surface area contributed by atoms with E-state index in [1.54, 1.807) is 0 Å². The van der Waals surface area contributed by atoms with Crippen molar-refractivity contribution in [1.29, 1.82) is 0 Å². The van der Waals surface area contributed by atoms with Crippen molar-refractivity contribution in [2.24, 2.45) is 0 Å². The van der Waals surface area contributed by atoms with Gasteiger partial charge in [0.2, 0.25) is 0 Å². The van der Waals surface area contributed by atoms with Crippen molar-refractivity contribution in [1.82, 2.24) is 9.38 Å². The second-order valence-electron chi connectivity index (χ2n) is 10.7. The summed E-state index contributed by atoms with van der Waals surface area (Å²) in [5.41, 5.74) is 2.04. The van der Waals surface area contributed by atoms with Crippen molar-refractivity contribution in [3.8, 4) is 0 Å². The van der Waals surface area contributed by atoms with E-state index in [0.717, 1.165) is 11.4 Å². The van der Waals surface area contributed by atoms with Gasteiger partial charge in [-0.25, -0.2) is 0 Å². The second-order valence-corrected chi connectivity index (χ2v) is 28.2. The van der Waals surface area contributed by atoms with Gasteiger partial charge in [0.15, 0.2) is 0 Å². The van der Waals surface area contributed by atoms with Crippen LogP contribution in [-0.4, -0.2) is 49.2 Å². The summed E-state index contributed by atoms with van der Waals surface area (Å²) in [7, 11) is -1.25. The molecular formula is C25H46N2O2SSiSn. The molecule has 0 unspecified atom stereocenters. The number of hydrogen-bond acceptors (Lipinski definition) is 4. The molecule has 2 rings (SSSR count). The summed E-state index contributed by atoms with van der Waals surface area (Å²) >= 11 is -0.857. The molecule has 0 fully saturated rings. The zero-order valence-electron chi connectivity index (χ0n) is 21.8. The third-order valence-corrected chi connectivity index (χ3v) is 26.6. The van der Waals surface area contributed by atoms with Crippen LogP contribution in [0.4, 0.5) is 0 Å². The third kappa shape index (κ3) is 6.69. The fourth-order valence-corrected chi connectivity index (χ4v) is 26.3.